The van der Waals surface area contributed by atoms with E-state index in [1.165, 1.54) is 24.7 Å². The van der Waals surface area contributed by atoms with E-state index in [-0.39, 0.29) is 10.0 Å². The Hall–Kier alpha value is -3.72. The summed E-state index contributed by atoms with van der Waals surface area (Å²) in [4.78, 5) is 20.1. The third kappa shape index (κ3) is 3.19. The molecule has 2 N–H and O–H groups in total. The molecule has 1 aromatic carbocycles. The van der Waals surface area contributed by atoms with E-state index in [4.69, 9.17) is 33.7 Å². The van der Waals surface area contributed by atoms with Crippen LogP contribution < -0.4 is 5.32 Å². The molecule has 134 valence electrons. The van der Waals surface area contributed by atoms with Gasteiger partial charge in [0.05, 0.1) is 38.9 Å². The van der Waals surface area contributed by atoms with Crippen molar-refractivity contribution in [1.29, 1.82) is 10.5 Å². The zero-order valence-electron chi connectivity index (χ0n) is 13.9. The van der Waals surface area contributed by atoms with Gasteiger partial charge in [0.25, 0.3) is 0 Å². The van der Waals surface area contributed by atoms with Crippen molar-refractivity contribution in [2.45, 2.75) is 0 Å². The van der Waals surface area contributed by atoms with Crippen molar-refractivity contribution < 1.29 is 0 Å². The van der Waals surface area contributed by atoms with Gasteiger partial charge in [-0.25, -0.2) is 19.9 Å². The van der Waals surface area contributed by atoms with Crippen LogP contribution in [0, 0.1) is 22.7 Å². The fourth-order valence-electron chi connectivity index (χ4n) is 2.60. The van der Waals surface area contributed by atoms with Crippen molar-refractivity contribution in [2.75, 3.05) is 5.32 Å². The third-order valence-corrected chi connectivity index (χ3v) is 4.43. The van der Waals surface area contributed by atoms with Gasteiger partial charge in [0, 0.05) is 6.20 Å². The number of pyridine rings is 1. The van der Waals surface area contributed by atoms with E-state index in [0.29, 0.717) is 45.3 Å². The second-order valence-corrected chi connectivity index (χ2v) is 6.41. The van der Waals surface area contributed by atoms with Crippen molar-refractivity contribution in [3.8, 4) is 23.5 Å². The lowest BCUT2D eigenvalue weighted by Gasteiger charge is -2.05. The van der Waals surface area contributed by atoms with E-state index >= 15 is 0 Å². The van der Waals surface area contributed by atoms with Crippen LogP contribution in [0.1, 0.15) is 11.1 Å². The number of aromatic nitrogens is 5. The number of hydrogen-bond acceptors (Lipinski definition) is 7. The topological polar surface area (TPSA) is 127 Å². The Morgan fingerprint density at radius 1 is 0.964 bits per heavy atom. The molecular weight excluding hydrogens is 399 g/mol. The van der Waals surface area contributed by atoms with Gasteiger partial charge in [-0.1, -0.05) is 23.2 Å². The maximum atomic E-state index is 9.03. The molecule has 0 aliphatic carbocycles. The summed E-state index contributed by atoms with van der Waals surface area (Å²) >= 11 is 12.6. The van der Waals surface area contributed by atoms with E-state index in [0.717, 1.165) is 0 Å². The van der Waals surface area contributed by atoms with Crippen LogP contribution in [0.25, 0.3) is 22.6 Å². The lowest BCUT2D eigenvalue weighted by Crippen LogP contribution is -1.98. The number of rotatable bonds is 3. The van der Waals surface area contributed by atoms with E-state index in [1.54, 1.807) is 12.1 Å². The molecule has 8 nitrogen and oxygen atoms in total. The van der Waals surface area contributed by atoms with Crippen LogP contribution in [0.5, 0.6) is 0 Å². The first-order chi connectivity index (χ1) is 13.6. The first-order valence-electron chi connectivity index (χ1n) is 7.82. The minimum atomic E-state index is 0.286. The standard InChI is InChI=1S/C18H8Cl2N8/c19-11-3-10(7-22)4-12(20)14(11)16-27-15-17(24-8-25-18(15)28-16)26-13-5-9(6-21)1-2-23-13/h1-5,8H,(H2,23,24,25,26,27,28). The number of H-pyrrole nitrogens is 1. The number of nitrogens with zero attached hydrogens (tertiary/aromatic N) is 6. The summed E-state index contributed by atoms with van der Waals surface area (Å²) in [6, 6.07) is 10.3. The molecule has 0 atom stereocenters. The zero-order valence-corrected chi connectivity index (χ0v) is 15.4. The van der Waals surface area contributed by atoms with Crippen LogP contribution >= 0.6 is 23.2 Å². The Morgan fingerprint density at radius 3 is 2.43 bits per heavy atom. The number of anilines is 2. The average molecular weight is 407 g/mol. The van der Waals surface area contributed by atoms with Crippen molar-refractivity contribution in [3.05, 3.63) is 58.0 Å². The summed E-state index contributed by atoms with van der Waals surface area (Å²) in [5.74, 6) is 1.26. The smallest absolute Gasteiger partial charge is 0.183 e. The lowest BCUT2D eigenvalue weighted by molar-refractivity contribution is 1.18. The van der Waals surface area contributed by atoms with Crippen LogP contribution in [-0.4, -0.2) is 24.9 Å². The maximum absolute atomic E-state index is 9.03. The molecule has 0 spiro atoms. The van der Waals surface area contributed by atoms with Crippen molar-refractivity contribution in [2.24, 2.45) is 0 Å². The molecule has 0 saturated heterocycles. The summed E-state index contributed by atoms with van der Waals surface area (Å²) in [5, 5.41) is 21.7. The molecule has 4 rings (SSSR count). The van der Waals surface area contributed by atoms with Crippen LogP contribution in [0.3, 0.4) is 0 Å². The van der Waals surface area contributed by atoms with Crippen molar-refractivity contribution in [3.63, 3.8) is 0 Å². The minimum absolute atomic E-state index is 0.286. The van der Waals surface area contributed by atoms with Crippen LogP contribution in [0.4, 0.5) is 11.6 Å². The Morgan fingerprint density at radius 2 is 1.71 bits per heavy atom. The van der Waals surface area contributed by atoms with Gasteiger partial charge in [-0.15, -0.1) is 0 Å². The van der Waals surface area contributed by atoms with Crippen LogP contribution in [0.15, 0.2) is 36.8 Å². The highest BCUT2D eigenvalue weighted by Crippen LogP contribution is 2.35. The third-order valence-electron chi connectivity index (χ3n) is 3.83. The second-order valence-electron chi connectivity index (χ2n) is 5.60. The Labute approximate surface area is 168 Å². The lowest BCUT2D eigenvalue weighted by atomic mass is 10.1. The van der Waals surface area contributed by atoms with E-state index in [9.17, 15) is 0 Å². The number of nitrogens with one attached hydrogen (secondary N) is 2. The van der Waals surface area contributed by atoms with Gasteiger partial charge in [0.15, 0.2) is 11.5 Å². The van der Waals surface area contributed by atoms with Gasteiger partial charge in [-0.2, -0.15) is 10.5 Å². The van der Waals surface area contributed by atoms with Crippen LogP contribution in [-0.2, 0) is 0 Å². The predicted molar refractivity (Wildman–Crippen MR) is 104 cm³/mol. The number of fused-ring (bicyclic) bond motifs is 1. The molecular formula is C18H8Cl2N8. The SMILES string of the molecule is N#Cc1ccnc(Nc2ncnc3nc(-c4c(Cl)cc(C#N)cc4Cl)[nH]c23)c1. The molecule has 3 aromatic heterocycles. The summed E-state index contributed by atoms with van der Waals surface area (Å²) in [6.45, 7) is 0. The Kier molecular flexibility index (Phi) is 4.50. The number of hydrogen-bond donors (Lipinski definition) is 2. The minimum Gasteiger partial charge on any atom is -0.333 e. The first kappa shape index (κ1) is 17.7. The van der Waals surface area contributed by atoms with E-state index in [2.05, 4.69) is 36.3 Å². The molecule has 0 unspecified atom stereocenters. The molecule has 0 amide bonds. The molecule has 4 aromatic rings. The molecule has 3 heterocycles. The monoisotopic (exact) mass is 406 g/mol. The zero-order chi connectivity index (χ0) is 19.7. The number of imidazole rings is 1. The number of nitriles is 2. The molecule has 0 saturated carbocycles. The first-order valence-corrected chi connectivity index (χ1v) is 8.58. The number of aromatic amines is 1. The highest BCUT2D eigenvalue weighted by atomic mass is 35.5. The van der Waals surface area contributed by atoms with Gasteiger partial charge in [-0.05, 0) is 24.3 Å². The highest BCUT2D eigenvalue weighted by Gasteiger charge is 2.17. The Bertz CT molecular complexity index is 1280. The van der Waals surface area contributed by atoms with E-state index < -0.39 is 0 Å². The van der Waals surface area contributed by atoms with Gasteiger partial charge < -0.3 is 10.3 Å². The van der Waals surface area contributed by atoms with Crippen molar-refractivity contribution in [1.82, 2.24) is 24.9 Å². The Balaban J connectivity index is 1.80. The summed E-state index contributed by atoms with van der Waals surface area (Å²) in [5.41, 5.74) is 2.17. The molecule has 28 heavy (non-hydrogen) atoms. The largest absolute Gasteiger partial charge is 0.333 e. The highest BCUT2D eigenvalue weighted by molar-refractivity contribution is 6.39. The van der Waals surface area contributed by atoms with Crippen molar-refractivity contribution >= 4 is 46.0 Å². The van der Waals surface area contributed by atoms with Gasteiger partial charge in [-0.3, -0.25) is 0 Å². The van der Waals surface area contributed by atoms with Gasteiger partial charge >= 0.3 is 0 Å². The molecule has 0 bridgehead atoms. The van der Waals surface area contributed by atoms with Gasteiger partial charge in [0.2, 0.25) is 0 Å². The molecule has 0 aliphatic rings. The van der Waals surface area contributed by atoms with Crippen LogP contribution in [0.2, 0.25) is 10.0 Å². The predicted octanol–water partition coefficient (Wildman–Crippen LogP) is 4.21. The maximum Gasteiger partial charge on any atom is 0.183 e. The molecule has 0 fully saturated rings. The normalized spacial score (nSPS) is 10.4. The quantitative estimate of drug-likeness (QED) is 0.521. The fourth-order valence-corrected chi connectivity index (χ4v) is 3.26. The number of benzene rings is 1. The molecule has 0 radical (unpaired) electrons. The number of halogens is 2. The second kappa shape index (κ2) is 7.12. The fraction of sp³-hybridized carbons (Fsp3) is 0. The van der Waals surface area contributed by atoms with Gasteiger partial charge in [0.1, 0.15) is 23.5 Å². The average Bonchev–Trinajstić information content (AvgIpc) is 3.12. The summed E-state index contributed by atoms with van der Waals surface area (Å²) in [7, 11) is 0. The van der Waals surface area contributed by atoms with E-state index in [1.807, 2.05) is 6.07 Å². The summed E-state index contributed by atoms with van der Waals surface area (Å²) in [6.07, 6.45) is 2.87. The summed E-state index contributed by atoms with van der Waals surface area (Å²) < 4.78 is 0. The molecule has 10 heteroatoms. The molecule has 0 aliphatic heterocycles.